The van der Waals surface area contributed by atoms with Crippen molar-refractivity contribution >= 4 is 22.2 Å². The number of rotatable bonds is 1. The number of anilines is 2. The van der Waals surface area contributed by atoms with Gasteiger partial charge in [-0.15, -0.1) is 0 Å². The molecule has 3 rings (SSSR count). The normalized spacial score (nSPS) is 18.1. The Balaban J connectivity index is 2.11. The van der Waals surface area contributed by atoms with Gasteiger partial charge in [0, 0.05) is 5.69 Å². The molecule has 1 heterocycles. The van der Waals surface area contributed by atoms with Crippen LogP contribution < -0.4 is 4.90 Å². The van der Waals surface area contributed by atoms with E-state index in [0.717, 1.165) is 11.4 Å². The summed E-state index contributed by atoms with van der Waals surface area (Å²) >= 11 is 0. The van der Waals surface area contributed by atoms with Crippen molar-refractivity contribution in [2.45, 2.75) is 4.90 Å². The van der Waals surface area contributed by atoms with E-state index in [9.17, 15) is 9.32 Å². The second-order valence-electron chi connectivity index (χ2n) is 3.89. The third-order valence-corrected chi connectivity index (χ3v) is 4.10. The van der Waals surface area contributed by atoms with Crippen molar-refractivity contribution in [3.8, 4) is 5.75 Å². The molecule has 0 spiro atoms. The van der Waals surface area contributed by atoms with Gasteiger partial charge in [0.2, 0.25) is 0 Å². The minimum atomic E-state index is -1.07. The maximum Gasteiger partial charge on any atom is 0.116 e. The van der Waals surface area contributed by atoms with Gasteiger partial charge in [0.15, 0.2) is 0 Å². The fourth-order valence-corrected chi connectivity index (χ4v) is 3.31. The lowest BCUT2D eigenvalue weighted by molar-refractivity contribution is 0.474. The van der Waals surface area contributed by atoms with E-state index in [2.05, 4.69) is 0 Å². The number of aromatic hydroxyl groups is 1. The van der Waals surface area contributed by atoms with Crippen LogP contribution in [-0.2, 0) is 10.8 Å². The number of nitrogens with zero attached hydrogens (tertiary/aromatic N) is 1. The summed E-state index contributed by atoms with van der Waals surface area (Å²) < 4.78 is 12.0. The van der Waals surface area contributed by atoms with E-state index in [-0.39, 0.29) is 5.75 Å². The number of hydrogen-bond donors (Lipinski definition) is 1. The van der Waals surface area contributed by atoms with Crippen LogP contribution in [0.2, 0.25) is 0 Å². The van der Waals surface area contributed by atoms with E-state index < -0.39 is 10.8 Å². The second kappa shape index (κ2) is 3.89. The maximum atomic E-state index is 12.0. The quantitative estimate of drug-likeness (QED) is 0.839. The van der Waals surface area contributed by atoms with Gasteiger partial charge in [-0.2, -0.15) is 0 Å². The van der Waals surface area contributed by atoms with Crippen LogP contribution >= 0.6 is 0 Å². The highest BCUT2D eigenvalue weighted by molar-refractivity contribution is 7.85. The predicted molar refractivity (Wildman–Crippen MR) is 68.0 cm³/mol. The Morgan fingerprint density at radius 2 is 1.88 bits per heavy atom. The van der Waals surface area contributed by atoms with Crippen LogP contribution in [0.25, 0.3) is 0 Å². The van der Waals surface area contributed by atoms with Crippen molar-refractivity contribution in [1.82, 2.24) is 0 Å². The van der Waals surface area contributed by atoms with E-state index in [1.807, 2.05) is 41.3 Å². The predicted octanol–water partition coefficient (Wildman–Crippen LogP) is 2.61. The molecule has 1 aliphatic rings. The molecule has 0 aliphatic carbocycles. The number of benzene rings is 2. The first-order chi connectivity index (χ1) is 8.25. The molecule has 1 aliphatic heterocycles. The van der Waals surface area contributed by atoms with Crippen molar-refractivity contribution in [1.29, 1.82) is 0 Å². The average molecular weight is 245 g/mol. The molecule has 0 saturated carbocycles. The molecule has 0 amide bonds. The number of fused-ring (bicyclic) bond motifs is 1. The molecule has 1 atom stereocenters. The Labute approximate surface area is 102 Å². The van der Waals surface area contributed by atoms with Crippen molar-refractivity contribution in [3.05, 3.63) is 48.5 Å². The lowest BCUT2D eigenvalue weighted by Crippen LogP contribution is -2.13. The van der Waals surface area contributed by atoms with E-state index in [0.29, 0.717) is 10.8 Å². The Morgan fingerprint density at radius 1 is 1.12 bits per heavy atom. The summed E-state index contributed by atoms with van der Waals surface area (Å²) in [5, 5.41) is 9.42. The van der Waals surface area contributed by atoms with Crippen LogP contribution in [0.5, 0.6) is 5.75 Å². The summed E-state index contributed by atoms with van der Waals surface area (Å²) in [6.45, 7) is 0. The molecule has 0 aromatic heterocycles. The summed E-state index contributed by atoms with van der Waals surface area (Å²) in [5.74, 6) is 0.606. The lowest BCUT2D eigenvalue weighted by atomic mass is 10.2. The van der Waals surface area contributed by atoms with Gasteiger partial charge in [0.25, 0.3) is 0 Å². The number of hydrogen-bond acceptors (Lipinski definition) is 3. The Morgan fingerprint density at radius 3 is 2.65 bits per heavy atom. The van der Waals surface area contributed by atoms with E-state index >= 15 is 0 Å². The van der Waals surface area contributed by atoms with E-state index in [1.54, 1.807) is 12.1 Å². The minimum absolute atomic E-state index is 0.159. The summed E-state index contributed by atoms with van der Waals surface area (Å²) in [7, 11) is -1.07. The zero-order valence-corrected chi connectivity index (χ0v) is 9.85. The molecule has 0 fully saturated rings. The number of para-hydroxylation sites is 1. The molecule has 2 aromatic rings. The van der Waals surface area contributed by atoms with Gasteiger partial charge < -0.3 is 10.0 Å². The topological polar surface area (TPSA) is 40.5 Å². The van der Waals surface area contributed by atoms with Gasteiger partial charge in [0.1, 0.15) is 11.6 Å². The highest BCUT2D eigenvalue weighted by Crippen LogP contribution is 2.38. The molecule has 0 saturated heterocycles. The third kappa shape index (κ3) is 1.70. The monoisotopic (exact) mass is 245 g/mol. The molecule has 3 nitrogen and oxygen atoms in total. The first-order valence-corrected chi connectivity index (χ1v) is 6.61. The number of phenols is 1. The smallest absolute Gasteiger partial charge is 0.116 e. The molecular weight excluding hydrogens is 234 g/mol. The Bertz CT molecular complexity index is 583. The van der Waals surface area contributed by atoms with E-state index in [4.69, 9.17) is 0 Å². The van der Waals surface area contributed by atoms with Gasteiger partial charge in [-0.3, -0.25) is 4.21 Å². The molecule has 0 bridgehead atoms. The largest absolute Gasteiger partial charge is 0.508 e. The summed E-state index contributed by atoms with van der Waals surface area (Å²) in [4.78, 5) is 2.71. The van der Waals surface area contributed by atoms with Crippen LogP contribution in [0.15, 0.2) is 53.4 Å². The SMILES string of the molecule is O=S1CN(c2ccccc2)c2ccc(O)cc21. The zero-order chi connectivity index (χ0) is 11.8. The molecular formula is C13H11NO2S. The van der Waals surface area contributed by atoms with Crippen LogP contribution in [0, 0.1) is 0 Å². The maximum absolute atomic E-state index is 12.0. The second-order valence-corrected chi connectivity index (χ2v) is 5.28. The van der Waals surface area contributed by atoms with Crippen LogP contribution in [0.3, 0.4) is 0 Å². The average Bonchev–Trinajstić information content (AvgIpc) is 2.68. The Kier molecular flexibility index (Phi) is 2.37. The van der Waals surface area contributed by atoms with Gasteiger partial charge in [-0.05, 0) is 30.3 Å². The number of phenolic OH excluding ortho intramolecular Hbond substituents is 1. The standard InChI is InChI=1S/C13H11NO2S/c15-11-6-7-12-13(8-11)17(16)9-14(12)10-4-2-1-3-5-10/h1-8,15H,9H2. The molecule has 0 radical (unpaired) electrons. The Hall–Kier alpha value is -1.81. The van der Waals surface area contributed by atoms with Crippen molar-refractivity contribution in [2.75, 3.05) is 10.8 Å². The van der Waals surface area contributed by atoms with Gasteiger partial charge in [-0.1, -0.05) is 18.2 Å². The van der Waals surface area contributed by atoms with Crippen molar-refractivity contribution in [3.63, 3.8) is 0 Å². The van der Waals surface area contributed by atoms with E-state index in [1.165, 1.54) is 0 Å². The summed E-state index contributed by atoms with van der Waals surface area (Å²) in [6.07, 6.45) is 0. The zero-order valence-electron chi connectivity index (χ0n) is 9.04. The van der Waals surface area contributed by atoms with Crippen LogP contribution in [-0.4, -0.2) is 15.2 Å². The summed E-state index contributed by atoms with van der Waals surface area (Å²) in [5.41, 5.74) is 1.93. The first kappa shape index (κ1) is 10.4. The lowest BCUT2D eigenvalue weighted by Gasteiger charge is -2.17. The summed E-state index contributed by atoms with van der Waals surface area (Å²) in [6, 6.07) is 14.8. The fraction of sp³-hybridized carbons (Fsp3) is 0.0769. The highest BCUT2D eigenvalue weighted by atomic mass is 32.2. The molecule has 1 N–H and O–H groups in total. The minimum Gasteiger partial charge on any atom is -0.508 e. The van der Waals surface area contributed by atoms with Gasteiger partial charge >= 0.3 is 0 Å². The van der Waals surface area contributed by atoms with Crippen molar-refractivity contribution in [2.24, 2.45) is 0 Å². The van der Waals surface area contributed by atoms with Gasteiger partial charge in [0.05, 0.1) is 21.4 Å². The van der Waals surface area contributed by atoms with Crippen molar-refractivity contribution < 1.29 is 9.32 Å². The first-order valence-electron chi connectivity index (χ1n) is 5.30. The van der Waals surface area contributed by atoms with Gasteiger partial charge in [-0.25, -0.2) is 0 Å². The molecule has 1 unspecified atom stereocenters. The molecule has 17 heavy (non-hydrogen) atoms. The van der Waals surface area contributed by atoms with Crippen LogP contribution in [0.4, 0.5) is 11.4 Å². The highest BCUT2D eigenvalue weighted by Gasteiger charge is 2.26. The molecule has 2 aromatic carbocycles. The molecule has 86 valence electrons. The molecule has 4 heteroatoms. The third-order valence-electron chi connectivity index (χ3n) is 2.79. The van der Waals surface area contributed by atoms with Crippen LogP contribution in [0.1, 0.15) is 0 Å². The fourth-order valence-electron chi connectivity index (χ4n) is 1.99.